The summed E-state index contributed by atoms with van der Waals surface area (Å²) < 4.78 is 43.1. The summed E-state index contributed by atoms with van der Waals surface area (Å²) in [5.41, 5.74) is 0.509. The number of hydrogen-bond acceptors (Lipinski definition) is 2. The van der Waals surface area contributed by atoms with Crippen molar-refractivity contribution in [2.45, 2.75) is 6.54 Å². The molecule has 0 spiro atoms. The van der Waals surface area contributed by atoms with Crippen molar-refractivity contribution in [2.24, 2.45) is 0 Å². The van der Waals surface area contributed by atoms with Crippen molar-refractivity contribution in [3.63, 3.8) is 0 Å². The first-order valence-corrected chi connectivity index (χ1v) is 3.16. The van der Waals surface area contributed by atoms with Crippen molar-refractivity contribution >= 4 is 0 Å². The molecule has 0 amide bonds. The average Bonchev–Trinajstić information content (AvgIpc) is 2.13. The lowest BCUT2D eigenvalue weighted by Gasteiger charge is -2.08. The quantitative estimate of drug-likeness (QED) is 0.702. The minimum absolute atomic E-state index is 0.0445. The zero-order chi connectivity index (χ0) is 13.3. The SMILES string of the molecule is [2H]C([2H])([2H])N(Cc1ccc(O)cc1)C([2H])([2H])[2H]. The molecule has 1 aromatic carbocycles. The number of aromatic hydroxyl groups is 1. The fourth-order valence-electron chi connectivity index (χ4n) is 0.784. The molecule has 2 heteroatoms. The summed E-state index contributed by atoms with van der Waals surface area (Å²) in [5.74, 6) is 0.0445. The Hall–Kier alpha value is -1.02. The van der Waals surface area contributed by atoms with E-state index in [1.54, 1.807) is 0 Å². The van der Waals surface area contributed by atoms with E-state index in [0.717, 1.165) is 0 Å². The smallest absolute Gasteiger partial charge is 0.115 e. The third kappa shape index (κ3) is 2.60. The van der Waals surface area contributed by atoms with Gasteiger partial charge in [0.1, 0.15) is 5.75 Å². The normalized spacial score (nSPS) is 20.8. The first-order valence-electron chi connectivity index (χ1n) is 6.16. The molecular weight excluding hydrogens is 138 g/mol. The van der Waals surface area contributed by atoms with Gasteiger partial charge in [0.2, 0.25) is 0 Å². The highest BCUT2D eigenvalue weighted by Gasteiger charge is 1.93. The van der Waals surface area contributed by atoms with Crippen LogP contribution in [-0.2, 0) is 6.54 Å². The van der Waals surface area contributed by atoms with Crippen LogP contribution >= 0.6 is 0 Å². The largest absolute Gasteiger partial charge is 0.508 e. The molecule has 0 fully saturated rings. The summed E-state index contributed by atoms with van der Waals surface area (Å²) in [6, 6.07) is 5.73. The van der Waals surface area contributed by atoms with E-state index in [0.29, 0.717) is 10.5 Å². The van der Waals surface area contributed by atoms with Crippen molar-refractivity contribution < 1.29 is 13.3 Å². The van der Waals surface area contributed by atoms with Crippen molar-refractivity contribution in [1.29, 1.82) is 0 Å². The van der Waals surface area contributed by atoms with Crippen LogP contribution in [0.3, 0.4) is 0 Å². The predicted molar refractivity (Wildman–Crippen MR) is 45.5 cm³/mol. The maximum absolute atomic E-state index is 9.07. The van der Waals surface area contributed by atoms with Crippen LogP contribution in [0, 0.1) is 0 Å². The van der Waals surface area contributed by atoms with Gasteiger partial charge in [0.25, 0.3) is 0 Å². The standard InChI is InChI=1S/C9H13NO/c1-10(2)7-8-3-5-9(11)6-4-8/h3-6,11H,7H2,1-2H3/i1D3,2D3. The molecular formula is C9H13NO. The lowest BCUT2D eigenvalue weighted by molar-refractivity contribution is 0.402. The van der Waals surface area contributed by atoms with Crippen LogP contribution in [0.15, 0.2) is 24.3 Å². The summed E-state index contributed by atoms with van der Waals surface area (Å²) in [6.07, 6.45) is 0. The van der Waals surface area contributed by atoms with Gasteiger partial charge in [0.05, 0.1) is 0 Å². The molecule has 0 aliphatic carbocycles. The number of rotatable bonds is 2. The van der Waals surface area contributed by atoms with Gasteiger partial charge in [-0.15, -0.1) is 0 Å². The Bertz CT molecular complexity index is 355. The van der Waals surface area contributed by atoms with Crippen LogP contribution in [-0.4, -0.2) is 24.0 Å². The first-order chi connectivity index (χ1) is 7.60. The van der Waals surface area contributed by atoms with E-state index in [9.17, 15) is 0 Å². The van der Waals surface area contributed by atoms with Gasteiger partial charge in [-0.2, -0.15) is 0 Å². The highest BCUT2D eigenvalue weighted by molar-refractivity contribution is 5.25. The molecule has 0 radical (unpaired) electrons. The number of phenolic OH excluding ortho intramolecular Hbond substituents is 1. The lowest BCUT2D eigenvalue weighted by atomic mass is 10.2. The second-order valence-electron chi connectivity index (χ2n) is 2.25. The van der Waals surface area contributed by atoms with Crippen LogP contribution in [0.2, 0.25) is 0 Å². The first kappa shape index (κ1) is 3.15. The van der Waals surface area contributed by atoms with Gasteiger partial charge >= 0.3 is 0 Å². The van der Waals surface area contributed by atoms with Crippen molar-refractivity contribution in [2.75, 3.05) is 14.0 Å². The monoisotopic (exact) mass is 157 g/mol. The molecule has 0 aromatic heterocycles. The number of benzene rings is 1. The van der Waals surface area contributed by atoms with Gasteiger partial charge in [-0.1, -0.05) is 12.1 Å². The molecule has 2 nitrogen and oxygen atoms in total. The highest BCUT2D eigenvalue weighted by Crippen LogP contribution is 2.10. The number of nitrogens with zero attached hydrogens (tertiary/aromatic N) is 1. The minimum atomic E-state index is -2.69. The molecule has 1 N–H and O–H groups in total. The van der Waals surface area contributed by atoms with Crippen molar-refractivity contribution in [3.05, 3.63) is 29.8 Å². The van der Waals surface area contributed by atoms with E-state index in [4.69, 9.17) is 13.3 Å². The van der Waals surface area contributed by atoms with Gasteiger partial charge in [0.15, 0.2) is 0 Å². The molecule has 0 aliphatic heterocycles. The predicted octanol–water partition coefficient (Wildman–Crippen LogP) is 1.45. The van der Waals surface area contributed by atoms with Crippen LogP contribution in [0.25, 0.3) is 0 Å². The van der Waals surface area contributed by atoms with E-state index >= 15 is 0 Å². The van der Waals surface area contributed by atoms with Crippen LogP contribution in [0.4, 0.5) is 0 Å². The Morgan fingerprint density at radius 3 is 2.55 bits per heavy atom. The molecule has 0 heterocycles. The molecule has 1 rings (SSSR count). The second kappa shape index (κ2) is 3.39. The van der Waals surface area contributed by atoms with Gasteiger partial charge < -0.3 is 10.0 Å². The summed E-state index contributed by atoms with van der Waals surface area (Å²) in [4.78, 5) is 0.465. The average molecular weight is 157 g/mol. The Labute approximate surface area is 75.5 Å². The Balaban J connectivity index is 2.92. The summed E-state index contributed by atoms with van der Waals surface area (Å²) in [5, 5.41) is 9.07. The summed E-state index contributed by atoms with van der Waals surface area (Å²) in [7, 11) is 0. The third-order valence-corrected chi connectivity index (χ3v) is 1.28. The van der Waals surface area contributed by atoms with Crippen molar-refractivity contribution in [1.82, 2.24) is 4.90 Å². The van der Waals surface area contributed by atoms with Gasteiger partial charge in [-0.05, 0) is 31.6 Å². The molecule has 1 aromatic rings. The van der Waals surface area contributed by atoms with Crippen LogP contribution in [0.1, 0.15) is 13.8 Å². The van der Waals surface area contributed by atoms with E-state index < -0.39 is 14.0 Å². The van der Waals surface area contributed by atoms with E-state index in [2.05, 4.69) is 0 Å². The maximum atomic E-state index is 9.07. The van der Waals surface area contributed by atoms with E-state index in [-0.39, 0.29) is 12.3 Å². The van der Waals surface area contributed by atoms with Crippen molar-refractivity contribution in [3.8, 4) is 5.75 Å². The summed E-state index contributed by atoms with van der Waals surface area (Å²) in [6.45, 7) is -5.61. The zero-order valence-corrected chi connectivity index (χ0v) is 5.91. The topological polar surface area (TPSA) is 23.5 Å². The fourth-order valence-corrected chi connectivity index (χ4v) is 0.784. The van der Waals surface area contributed by atoms with Crippen LogP contribution in [0.5, 0.6) is 5.75 Å². The molecule has 0 saturated carbocycles. The number of hydrogen-bond donors (Lipinski definition) is 1. The van der Waals surface area contributed by atoms with E-state index in [1.165, 1.54) is 24.3 Å². The third-order valence-electron chi connectivity index (χ3n) is 1.28. The van der Waals surface area contributed by atoms with Gasteiger partial charge in [-0.25, -0.2) is 0 Å². The fraction of sp³-hybridized carbons (Fsp3) is 0.333. The molecule has 0 aliphatic rings. The maximum Gasteiger partial charge on any atom is 0.115 e. The van der Waals surface area contributed by atoms with E-state index in [1.807, 2.05) is 0 Å². The molecule has 60 valence electrons. The highest BCUT2D eigenvalue weighted by atomic mass is 16.3. The molecule has 0 unspecified atom stereocenters. The Morgan fingerprint density at radius 2 is 2.00 bits per heavy atom. The molecule has 0 atom stereocenters. The summed E-state index contributed by atoms with van der Waals surface area (Å²) >= 11 is 0. The minimum Gasteiger partial charge on any atom is -0.508 e. The van der Waals surface area contributed by atoms with Gasteiger partial charge in [0, 0.05) is 14.8 Å². The zero-order valence-electron chi connectivity index (χ0n) is 11.9. The number of phenols is 1. The molecule has 0 saturated heterocycles. The Kier molecular flexibility index (Phi) is 0.972. The lowest BCUT2D eigenvalue weighted by Crippen LogP contribution is -2.10. The molecule has 0 bridgehead atoms. The second-order valence-corrected chi connectivity index (χ2v) is 2.25. The van der Waals surface area contributed by atoms with Gasteiger partial charge in [-0.3, -0.25) is 0 Å². The van der Waals surface area contributed by atoms with Crippen LogP contribution < -0.4 is 0 Å². The Morgan fingerprint density at radius 1 is 1.36 bits per heavy atom. The molecule has 11 heavy (non-hydrogen) atoms.